The summed E-state index contributed by atoms with van der Waals surface area (Å²) >= 11 is 0. The molecule has 1 saturated heterocycles. The van der Waals surface area contributed by atoms with E-state index in [1.165, 1.54) is 25.9 Å². The first kappa shape index (κ1) is 15.9. The first-order valence-electron chi connectivity index (χ1n) is 7.58. The van der Waals surface area contributed by atoms with Crippen molar-refractivity contribution >= 4 is 0 Å². The van der Waals surface area contributed by atoms with Crippen LogP contribution in [0.5, 0.6) is 0 Å². The molecule has 3 nitrogen and oxygen atoms in total. The van der Waals surface area contributed by atoms with E-state index in [1.54, 1.807) is 7.11 Å². The molecule has 0 aromatic heterocycles. The van der Waals surface area contributed by atoms with E-state index in [0.717, 1.165) is 38.0 Å². The molecule has 0 amide bonds. The first-order valence-corrected chi connectivity index (χ1v) is 7.58. The topological polar surface area (TPSA) is 24.5 Å². The van der Waals surface area contributed by atoms with Crippen molar-refractivity contribution in [3.63, 3.8) is 0 Å². The molecule has 1 aliphatic rings. The lowest BCUT2D eigenvalue weighted by Gasteiger charge is -2.37. The lowest BCUT2D eigenvalue weighted by Crippen LogP contribution is -2.45. The SMILES string of the molecule is COCCCNCC(C)N1CCC(C(C)C)CC1. The minimum absolute atomic E-state index is 0.667. The molecule has 1 fully saturated rings. The summed E-state index contributed by atoms with van der Waals surface area (Å²) in [5.74, 6) is 1.80. The summed E-state index contributed by atoms with van der Waals surface area (Å²) in [5.41, 5.74) is 0. The van der Waals surface area contributed by atoms with Gasteiger partial charge in [-0.1, -0.05) is 13.8 Å². The van der Waals surface area contributed by atoms with Crippen molar-refractivity contribution in [1.29, 1.82) is 0 Å². The van der Waals surface area contributed by atoms with E-state index in [4.69, 9.17) is 4.74 Å². The molecule has 0 spiro atoms. The van der Waals surface area contributed by atoms with E-state index in [-0.39, 0.29) is 0 Å². The number of rotatable bonds is 8. The van der Waals surface area contributed by atoms with Crippen molar-refractivity contribution in [2.75, 3.05) is 39.9 Å². The summed E-state index contributed by atoms with van der Waals surface area (Å²) in [7, 11) is 1.77. The predicted molar refractivity (Wildman–Crippen MR) is 78.0 cm³/mol. The molecule has 0 saturated carbocycles. The van der Waals surface area contributed by atoms with E-state index in [2.05, 4.69) is 31.0 Å². The zero-order chi connectivity index (χ0) is 13.4. The molecule has 0 aliphatic carbocycles. The van der Waals surface area contributed by atoms with Gasteiger partial charge in [0, 0.05) is 26.3 Å². The highest BCUT2D eigenvalue weighted by Crippen LogP contribution is 2.25. The van der Waals surface area contributed by atoms with Crippen LogP contribution in [0.3, 0.4) is 0 Å². The van der Waals surface area contributed by atoms with Gasteiger partial charge in [-0.25, -0.2) is 0 Å². The molecular weight excluding hydrogens is 224 g/mol. The summed E-state index contributed by atoms with van der Waals surface area (Å²) in [4.78, 5) is 2.64. The monoisotopic (exact) mass is 256 g/mol. The summed E-state index contributed by atoms with van der Waals surface area (Å²) in [6, 6.07) is 0.667. The molecule has 1 aliphatic heterocycles. The third-order valence-corrected chi connectivity index (χ3v) is 4.28. The van der Waals surface area contributed by atoms with Crippen LogP contribution in [0.1, 0.15) is 40.0 Å². The van der Waals surface area contributed by atoms with Gasteiger partial charge >= 0.3 is 0 Å². The molecule has 3 heteroatoms. The van der Waals surface area contributed by atoms with Crippen LogP contribution in [0.25, 0.3) is 0 Å². The highest BCUT2D eigenvalue weighted by Gasteiger charge is 2.23. The number of hydrogen-bond donors (Lipinski definition) is 1. The number of ether oxygens (including phenoxy) is 1. The summed E-state index contributed by atoms with van der Waals surface area (Å²) in [6.07, 6.45) is 3.87. The van der Waals surface area contributed by atoms with E-state index in [9.17, 15) is 0 Å². The number of piperidine rings is 1. The molecule has 0 radical (unpaired) electrons. The zero-order valence-electron chi connectivity index (χ0n) is 12.7. The highest BCUT2D eigenvalue weighted by atomic mass is 16.5. The molecule has 0 aromatic carbocycles. The van der Waals surface area contributed by atoms with Gasteiger partial charge < -0.3 is 10.1 Å². The van der Waals surface area contributed by atoms with Crippen molar-refractivity contribution in [3.05, 3.63) is 0 Å². The zero-order valence-corrected chi connectivity index (χ0v) is 12.7. The van der Waals surface area contributed by atoms with E-state index < -0.39 is 0 Å². The number of likely N-dealkylation sites (tertiary alicyclic amines) is 1. The van der Waals surface area contributed by atoms with Gasteiger partial charge in [-0.05, 0) is 57.7 Å². The number of hydrogen-bond acceptors (Lipinski definition) is 3. The lowest BCUT2D eigenvalue weighted by atomic mass is 9.86. The number of methoxy groups -OCH3 is 1. The third kappa shape index (κ3) is 5.68. The van der Waals surface area contributed by atoms with Crippen LogP contribution in [0.4, 0.5) is 0 Å². The Kier molecular flexibility index (Phi) is 7.87. The van der Waals surface area contributed by atoms with Gasteiger partial charge in [0.25, 0.3) is 0 Å². The van der Waals surface area contributed by atoms with Crippen LogP contribution >= 0.6 is 0 Å². The Morgan fingerprint density at radius 2 is 1.89 bits per heavy atom. The Labute approximate surface area is 113 Å². The number of nitrogens with zero attached hydrogens (tertiary/aromatic N) is 1. The van der Waals surface area contributed by atoms with Crippen molar-refractivity contribution < 1.29 is 4.74 Å². The smallest absolute Gasteiger partial charge is 0.0474 e. The average Bonchev–Trinajstić information content (AvgIpc) is 2.38. The summed E-state index contributed by atoms with van der Waals surface area (Å²) < 4.78 is 5.05. The second-order valence-corrected chi connectivity index (χ2v) is 6.02. The fraction of sp³-hybridized carbons (Fsp3) is 1.00. The second-order valence-electron chi connectivity index (χ2n) is 6.02. The fourth-order valence-corrected chi connectivity index (χ4v) is 2.81. The molecule has 108 valence electrons. The van der Waals surface area contributed by atoms with E-state index >= 15 is 0 Å². The van der Waals surface area contributed by atoms with Crippen LogP contribution in [-0.4, -0.2) is 50.8 Å². The molecule has 0 aromatic rings. The van der Waals surface area contributed by atoms with Gasteiger partial charge in [-0.15, -0.1) is 0 Å². The van der Waals surface area contributed by atoms with E-state index in [1.807, 2.05) is 0 Å². The van der Waals surface area contributed by atoms with Crippen molar-refractivity contribution in [1.82, 2.24) is 10.2 Å². The maximum atomic E-state index is 5.05. The Morgan fingerprint density at radius 3 is 2.44 bits per heavy atom. The van der Waals surface area contributed by atoms with Gasteiger partial charge in [0.15, 0.2) is 0 Å². The predicted octanol–water partition coefficient (Wildman–Crippen LogP) is 2.37. The van der Waals surface area contributed by atoms with Gasteiger partial charge in [0.1, 0.15) is 0 Å². The maximum Gasteiger partial charge on any atom is 0.0474 e. The maximum absolute atomic E-state index is 5.05. The lowest BCUT2D eigenvalue weighted by molar-refractivity contribution is 0.120. The standard InChI is InChI=1S/C15H32N2O/c1-13(2)15-6-9-17(10-7-15)14(3)12-16-8-5-11-18-4/h13-16H,5-12H2,1-4H3. The highest BCUT2D eigenvalue weighted by molar-refractivity contribution is 4.78. The molecule has 1 N–H and O–H groups in total. The van der Waals surface area contributed by atoms with Crippen molar-refractivity contribution in [2.45, 2.75) is 46.1 Å². The van der Waals surface area contributed by atoms with Gasteiger partial charge in [-0.2, -0.15) is 0 Å². The molecule has 1 rings (SSSR count). The fourth-order valence-electron chi connectivity index (χ4n) is 2.81. The molecule has 1 unspecified atom stereocenters. The third-order valence-electron chi connectivity index (χ3n) is 4.28. The summed E-state index contributed by atoms with van der Waals surface area (Å²) in [5, 5.41) is 3.53. The van der Waals surface area contributed by atoms with Gasteiger partial charge in [-0.3, -0.25) is 4.90 Å². The van der Waals surface area contributed by atoms with Crippen LogP contribution < -0.4 is 5.32 Å². The van der Waals surface area contributed by atoms with Crippen LogP contribution in [0.2, 0.25) is 0 Å². The van der Waals surface area contributed by atoms with Crippen LogP contribution in [0.15, 0.2) is 0 Å². The minimum atomic E-state index is 0.667. The first-order chi connectivity index (χ1) is 8.65. The second kappa shape index (κ2) is 8.89. The molecule has 0 bridgehead atoms. The van der Waals surface area contributed by atoms with Crippen LogP contribution in [0, 0.1) is 11.8 Å². The largest absolute Gasteiger partial charge is 0.385 e. The summed E-state index contributed by atoms with van der Waals surface area (Å²) in [6.45, 7) is 12.7. The average molecular weight is 256 g/mol. The van der Waals surface area contributed by atoms with Crippen molar-refractivity contribution in [3.8, 4) is 0 Å². The van der Waals surface area contributed by atoms with Gasteiger partial charge in [0.05, 0.1) is 0 Å². The Balaban J connectivity index is 2.10. The normalized spacial score (nSPS) is 20.5. The van der Waals surface area contributed by atoms with Crippen LogP contribution in [-0.2, 0) is 4.74 Å². The molecule has 18 heavy (non-hydrogen) atoms. The van der Waals surface area contributed by atoms with E-state index in [0.29, 0.717) is 6.04 Å². The van der Waals surface area contributed by atoms with Gasteiger partial charge in [0.2, 0.25) is 0 Å². The molecule has 1 atom stereocenters. The minimum Gasteiger partial charge on any atom is -0.385 e. The van der Waals surface area contributed by atoms with Crippen molar-refractivity contribution in [2.24, 2.45) is 11.8 Å². The quantitative estimate of drug-likeness (QED) is 0.675. The Bertz CT molecular complexity index is 201. The Hall–Kier alpha value is -0.120. The number of nitrogens with one attached hydrogen (secondary N) is 1. The molecular formula is C15H32N2O. The molecule has 1 heterocycles. The Morgan fingerprint density at radius 1 is 1.22 bits per heavy atom.